The quantitative estimate of drug-likeness (QED) is 0.924. The highest BCUT2D eigenvalue weighted by molar-refractivity contribution is 9.10. The van der Waals surface area contributed by atoms with Crippen molar-refractivity contribution < 1.29 is 9.90 Å². The number of pyridine rings is 1. The molecular weight excluding hydrogens is 282 g/mol. The monoisotopic (exact) mass is 293 g/mol. The van der Waals surface area contributed by atoms with Gasteiger partial charge in [0.25, 0.3) is 0 Å². The number of hydrogen-bond donors (Lipinski definition) is 1. The zero-order valence-corrected chi connectivity index (χ0v) is 10.9. The molecule has 1 aliphatic carbocycles. The number of rotatable bonds is 2. The molecule has 0 radical (unpaired) electrons. The zero-order chi connectivity index (χ0) is 12.2. The third-order valence-electron chi connectivity index (χ3n) is 3.52. The van der Waals surface area contributed by atoms with Crippen LogP contribution in [0.1, 0.15) is 23.6 Å². The standard InChI is InChI=1S/C13H12BrNO2/c1-7-11(14)10-4-2-3-5-15(10)12(7)8-6-9(8)13(16)17/h2-5,8-9H,6H2,1H3,(H,16,17). The molecule has 17 heavy (non-hydrogen) atoms. The summed E-state index contributed by atoms with van der Waals surface area (Å²) in [4.78, 5) is 11.0. The van der Waals surface area contributed by atoms with Crippen molar-refractivity contribution in [3.63, 3.8) is 0 Å². The molecule has 0 amide bonds. The Labute approximate surface area is 107 Å². The first-order valence-corrected chi connectivity index (χ1v) is 6.38. The van der Waals surface area contributed by atoms with Crippen LogP contribution in [-0.4, -0.2) is 15.5 Å². The summed E-state index contributed by atoms with van der Waals surface area (Å²) < 4.78 is 3.18. The Morgan fingerprint density at radius 3 is 2.94 bits per heavy atom. The zero-order valence-electron chi connectivity index (χ0n) is 9.35. The summed E-state index contributed by atoms with van der Waals surface area (Å²) in [5, 5.41) is 9.03. The molecular formula is C13H12BrNO2. The summed E-state index contributed by atoms with van der Waals surface area (Å²) in [5.41, 5.74) is 3.40. The van der Waals surface area contributed by atoms with Gasteiger partial charge in [0.05, 0.1) is 11.4 Å². The lowest BCUT2D eigenvalue weighted by atomic mass is 10.1. The first-order valence-electron chi connectivity index (χ1n) is 5.59. The molecule has 1 saturated carbocycles. The molecule has 0 saturated heterocycles. The van der Waals surface area contributed by atoms with Gasteiger partial charge in [-0.2, -0.15) is 0 Å². The van der Waals surface area contributed by atoms with E-state index in [1.165, 1.54) is 0 Å². The number of carboxylic acids is 1. The average Bonchev–Trinajstić information content (AvgIpc) is 3.05. The third-order valence-corrected chi connectivity index (χ3v) is 4.52. The molecule has 2 aromatic heterocycles. The summed E-state index contributed by atoms with van der Waals surface area (Å²) in [6.07, 6.45) is 2.75. The van der Waals surface area contributed by atoms with Crippen molar-refractivity contribution in [2.75, 3.05) is 0 Å². The second kappa shape index (κ2) is 3.60. The summed E-state index contributed by atoms with van der Waals surface area (Å²) in [5.74, 6) is -0.732. The van der Waals surface area contributed by atoms with Gasteiger partial charge in [-0.15, -0.1) is 0 Å². The van der Waals surface area contributed by atoms with Crippen molar-refractivity contribution in [3.8, 4) is 0 Å². The van der Waals surface area contributed by atoms with E-state index in [4.69, 9.17) is 5.11 Å². The molecule has 0 aromatic carbocycles. The Balaban J connectivity index is 2.17. The van der Waals surface area contributed by atoms with Gasteiger partial charge in [0, 0.05) is 22.3 Å². The maximum atomic E-state index is 11.0. The number of hydrogen-bond acceptors (Lipinski definition) is 1. The van der Waals surface area contributed by atoms with Crippen LogP contribution in [0.2, 0.25) is 0 Å². The summed E-state index contributed by atoms with van der Waals surface area (Å²) in [6.45, 7) is 2.05. The van der Waals surface area contributed by atoms with Crippen LogP contribution in [0.15, 0.2) is 28.9 Å². The number of nitrogens with zero attached hydrogens (tertiary/aromatic N) is 1. The van der Waals surface area contributed by atoms with Crippen molar-refractivity contribution in [1.29, 1.82) is 0 Å². The average molecular weight is 294 g/mol. The van der Waals surface area contributed by atoms with Crippen molar-refractivity contribution in [1.82, 2.24) is 4.40 Å². The number of carbonyl (C=O) groups is 1. The van der Waals surface area contributed by atoms with Crippen LogP contribution in [0, 0.1) is 12.8 Å². The normalized spacial score (nSPS) is 22.9. The molecule has 3 nitrogen and oxygen atoms in total. The van der Waals surface area contributed by atoms with Crippen LogP contribution in [0.5, 0.6) is 0 Å². The lowest BCUT2D eigenvalue weighted by Gasteiger charge is -2.02. The lowest BCUT2D eigenvalue weighted by Crippen LogP contribution is -2.01. The second-order valence-corrected chi connectivity index (χ2v) is 5.36. The topological polar surface area (TPSA) is 41.7 Å². The molecule has 1 fully saturated rings. The number of aliphatic carboxylic acids is 1. The predicted octanol–water partition coefficient (Wildman–Crippen LogP) is 3.20. The Morgan fingerprint density at radius 1 is 1.53 bits per heavy atom. The van der Waals surface area contributed by atoms with Gasteiger partial charge in [-0.25, -0.2) is 0 Å². The van der Waals surface area contributed by atoms with Crippen molar-refractivity contribution in [2.24, 2.45) is 5.92 Å². The molecule has 1 N–H and O–H groups in total. The predicted molar refractivity (Wildman–Crippen MR) is 68.3 cm³/mol. The van der Waals surface area contributed by atoms with Crippen molar-refractivity contribution in [2.45, 2.75) is 19.3 Å². The van der Waals surface area contributed by atoms with E-state index in [2.05, 4.69) is 20.3 Å². The fourth-order valence-electron chi connectivity index (χ4n) is 2.54. The number of aromatic nitrogens is 1. The largest absolute Gasteiger partial charge is 0.481 e. The van der Waals surface area contributed by atoms with Crippen LogP contribution in [-0.2, 0) is 4.79 Å². The lowest BCUT2D eigenvalue weighted by molar-refractivity contribution is -0.138. The van der Waals surface area contributed by atoms with Crippen LogP contribution >= 0.6 is 15.9 Å². The van der Waals surface area contributed by atoms with E-state index < -0.39 is 5.97 Å². The molecule has 2 heterocycles. The van der Waals surface area contributed by atoms with Crippen LogP contribution < -0.4 is 0 Å². The van der Waals surface area contributed by atoms with E-state index >= 15 is 0 Å². The molecule has 4 heteroatoms. The van der Waals surface area contributed by atoms with Gasteiger partial charge in [0.2, 0.25) is 0 Å². The van der Waals surface area contributed by atoms with Crippen molar-refractivity contribution in [3.05, 3.63) is 40.1 Å². The van der Waals surface area contributed by atoms with E-state index in [0.29, 0.717) is 0 Å². The first kappa shape index (κ1) is 10.8. The molecule has 2 aromatic rings. The molecule has 1 aliphatic rings. The van der Waals surface area contributed by atoms with Gasteiger partial charge < -0.3 is 9.51 Å². The van der Waals surface area contributed by atoms with Gasteiger partial charge in [-0.3, -0.25) is 4.79 Å². The van der Waals surface area contributed by atoms with Gasteiger partial charge >= 0.3 is 5.97 Å². The highest BCUT2D eigenvalue weighted by Gasteiger charge is 2.46. The Kier molecular flexibility index (Phi) is 2.30. The van der Waals surface area contributed by atoms with Crippen molar-refractivity contribution >= 4 is 27.4 Å². The number of fused-ring (bicyclic) bond motifs is 1. The van der Waals surface area contributed by atoms with E-state index in [9.17, 15) is 4.79 Å². The summed E-state index contributed by atoms with van der Waals surface area (Å²) >= 11 is 3.59. The third kappa shape index (κ3) is 1.51. The van der Waals surface area contributed by atoms with E-state index in [0.717, 1.165) is 27.7 Å². The van der Waals surface area contributed by atoms with E-state index in [1.807, 2.05) is 31.3 Å². The van der Waals surface area contributed by atoms with Crippen LogP contribution in [0.3, 0.4) is 0 Å². The minimum atomic E-state index is -0.684. The molecule has 88 valence electrons. The molecule has 0 bridgehead atoms. The summed E-state index contributed by atoms with van der Waals surface area (Å²) in [7, 11) is 0. The fraction of sp³-hybridized carbons (Fsp3) is 0.308. The molecule has 2 unspecified atom stereocenters. The first-order chi connectivity index (χ1) is 8.11. The number of carboxylic acid groups (broad SMARTS) is 1. The Bertz CT molecular complexity index is 617. The maximum absolute atomic E-state index is 11.0. The van der Waals surface area contributed by atoms with Gasteiger partial charge in [-0.1, -0.05) is 6.07 Å². The number of halogens is 1. The van der Waals surface area contributed by atoms with E-state index in [1.54, 1.807) is 0 Å². The maximum Gasteiger partial charge on any atom is 0.307 e. The SMILES string of the molecule is Cc1c(Br)c2ccccn2c1C1CC1C(=O)O. The highest BCUT2D eigenvalue weighted by atomic mass is 79.9. The van der Waals surface area contributed by atoms with Crippen LogP contribution in [0.4, 0.5) is 0 Å². The van der Waals surface area contributed by atoms with Gasteiger partial charge in [0.15, 0.2) is 0 Å². The molecule has 2 atom stereocenters. The molecule has 0 spiro atoms. The highest BCUT2D eigenvalue weighted by Crippen LogP contribution is 2.50. The van der Waals surface area contributed by atoms with E-state index in [-0.39, 0.29) is 11.8 Å². The van der Waals surface area contributed by atoms with Gasteiger partial charge in [0.1, 0.15) is 0 Å². The Hall–Kier alpha value is -1.29. The second-order valence-electron chi connectivity index (χ2n) is 4.57. The fourth-order valence-corrected chi connectivity index (χ4v) is 3.07. The molecule has 0 aliphatic heterocycles. The van der Waals surface area contributed by atoms with Gasteiger partial charge in [-0.05, 0) is 47.0 Å². The Morgan fingerprint density at radius 2 is 2.29 bits per heavy atom. The molecule has 3 rings (SSSR count). The minimum absolute atomic E-state index is 0.161. The van der Waals surface area contributed by atoms with Crippen LogP contribution in [0.25, 0.3) is 5.52 Å². The smallest absolute Gasteiger partial charge is 0.307 e. The summed E-state index contributed by atoms with van der Waals surface area (Å²) in [6, 6.07) is 6.00. The minimum Gasteiger partial charge on any atom is -0.481 e.